The van der Waals surface area contributed by atoms with Gasteiger partial charge in [-0.1, -0.05) is 24.6 Å². The zero-order chi connectivity index (χ0) is 18.7. The zero-order valence-electron chi connectivity index (χ0n) is 14.2. The Morgan fingerprint density at radius 3 is 2.64 bits per heavy atom. The van der Waals surface area contributed by atoms with E-state index in [2.05, 4.69) is 11.4 Å². The van der Waals surface area contributed by atoms with E-state index in [1.54, 1.807) is 6.07 Å². The number of amides is 1. The van der Waals surface area contributed by atoms with Crippen LogP contribution in [0.2, 0.25) is 0 Å². The van der Waals surface area contributed by atoms with Crippen LogP contribution in [0.1, 0.15) is 33.1 Å². The van der Waals surface area contributed by atoms with Crippen LogP contribution in [-0.4, -0.2) is 31.9 Å². The fourth-order valence-corrected chi connectivity index (χ4v) is 3.57. The molecule has 0 saturated carbocycles. The van der Waals surface area contributed by atoms with Crippen LogP contribution in [-0.2, 0) is 19.6 Å². The van der Waals surface area contributed by atoms with Crippen molar-refractivity contribution in [1.82, 2.24) is 4.72 Å². The van der Waals surface area contributed by atoms with Crippen LogP contribution in [0.5, 0.6) is 0 Å². The third-order valence-electron chi connectivity index (χ3n) is 4.34. The number of carbonyl (C=O) groups is 2. The van der Waals surface area contributed by atoms with Crippen LogP contribution in [0.3, 0.4) is 0 Å². The number of benzene rings is 1. The molecule has 0 bridgehead atoms. The maximum atomic E-state index is 12.6. The molecule has 0 spiro atoms. The highest BCUT2D eigenvalue weighted by molar-refractivity contribution is 7.89. The van der Waals surface area contributed by atoms with Gasteiger partial charge in [0.15, 0.2) is 0 Å². The highest BCUT2D eigenvalue weighted by atomic mass is 32.2. The predicted octanol–water partition coefficient (Wildman–Crippen LogP) is 2.12. The number of anilines is 1. The van der Waals surface area contributed by atoms with Crippen molar-refractivity contribution in [3.8, 4) is 0 Å². The van der Waals surface area contributed by atoms with Crippen molar-refractivity contribution in [3.63, 3.8) is 0 Å². The third-order valence-corrected chi connectivity index (χ3v) is 5.73. The second-order valence-electron chi connectivity index (χ2n) is 6.52. The van der Waals surface area contributed by atoms with Crippen LogP contribution < -0.4 is 10.0 Å². The number of hydrogen-bond donors (Lipinski definition) is 3. The predicted molar refractivity (Wildman–Crippen MR) is 93.6 cm³/mol. The smallest absolute Gasteiger partial charge is 0.318 e. The Morgan fingerprint density at radius 2 is 2.04 bits per heavy atom. The number of carboxylic acids is 1. The second kappa shape index (κ2) is 7.37. The molecule has 1 unspecified atom stereocenters. The SMILES string of the molecule is CC1=CCC(C)(C(=O)Nc2cccc(S(=O)(=O)NCC(=O)O)c2)CC1. The number of aliphatic carboxylic acids is 1. The molecular weight excluding hydrogens is 344 g/mol. The quantitative estimate of drug-likeness (QED) is 0.668. The summed E-state index contributed by atoms with van der Waals surface area (Å²) in [5.74, 6) is -1.44. The maximum absolute atomic E-state index is 12.6. The van der Waals surface area contributed by atoms with Gasteiger partial charge in [0.1, 0.15) is 6.54 Å². The van der Waals surface area contributed by atoms with Gasteiger partial charge in [0.05, 0.1) is 10.3 Å². The summed E-state index contributed by atoms with van der Waals surface area (Å²) in [4.78, 5) is 23.0. The molecule has 0 fully saturated rings. The Morgan fingerprint density at radius 1 is 1.32 bits per heavy atom. The van der Waals surface area contributed by atoms with E-state index in [1.807, 2.05) is 18.6 Å². The first-order valence-corrected chi connectivity index (χ1v) is 9.39. The van der Waals surface area contributed by atoms with Gasteiger partial charge in [-0.3, -0.25) is 9.59 Å². The van der Waals surface area contributed by atoms with Gasteiger partial charge in [-0.25, -0.2) is 8.42 Å². The molecule has 0 heterocycles. The topological polar surface area (TPSA) is 113 Å². The second-order valence-corrected chi connectivity index (χ2v) is 8.28. The average Bonchev–Trinajstić information content (AvgIpc) is 2.56. The Kier molecular flexibility index (Phi) is 5.64. The summed E-state index contributed by atoms with van der Waals surface area (Å²) in [6, 6.07) is 5.75. The fraction of sp³-hybridized carbons (Fsp3) is 0.412. The van der Waals surface area contributed by atoms with Crippen LogP contribution in [0.15, 0.2) is 40.8 Å². The van der Waals surface area contributed by atoms with Crippen molar-refractivity contribution in [1.29, 1.82) is 0 Å². The maximum Gasteiger partial charge on any atom is 0.318 e. The molecule has 25 heavy (non-hydrogen) atoms. The van der Waals surface area contributed by atoms with Crippen LogP contribution in [0.25, 0.3) is 0 Å². The molecular formula is C17H22N2O5S. The lowest BCUT2D eigenvalue weighted by molar-refractivity contribution is -0.135. The average molecular weight is 366 g/mol. The van der Waals surface area contributed by atoms with Crippen LogP contribution in [0.4, 0.5) is 5.69 Å². The minimum absolute atomic E-state index is 0.101. The standard InChI is InChI=1S/C17H22N2O5S/c1-12-6-8-17(2,9-7-12)16(22)19-13-4-3-5-14(10-13)25(23,24)18-11-15(20)21/h3-6,10,18H,7-9,11H2,1-2H3,(H,19,22)(H,20,21). The highest BCUT2D eigenvalue weighted by Gasteiger charge is 2.34. The normalized spacial score (nSPS) is 20.6. The lowest BCUT2D eigenvalue weighted by atomic mass is 9.76. The number of carboxylic acid groups (broad SMARTS) is 1. The molecule has 1 aliphatic carbocycles. The zero-order valence-corrected chi connectivity index (χ0v) is 15.0. The molecule has 1 atom stereocenters. The lowest BCUT2D eigenvalue weighted by Gasteiger charge is -2.30. The number of carbonyl (C=O) groups excluding carboxylic acids is 1. The van der Waals surface area contributed by atoms with E-state index in [4.69, 9.17) is 5.11 Å². The van der Waals surface area contributed by atoms with Gasteiger partial charge in [-0.2, -0.15) is 4.72 Å². The Hall–Kier alpha value is -2.19. The molecule has 7 nitrogen and oxygen atoms in total. The summed E-state index contributed by atoms with van der Waals surface area (Å²) in [5.41, 5.74) is 1.09. The van der Waals surface area contributed by atoms with Gasteiger partial charge in [-0.05, 0) is 44.4 Å². The molecule has 2 rings (SSSR count). The molecule has 136 valence electrons. The van der Waals surface area contributed by atoms with Crippen molar-refractivity contribution in [2.45, 2.75) is 38.0 Å². The first-order valence-electron chi connectivity index (χ1n) is 7.91. The fourth-order valence-electron chi connectivity index (χ4n) is 2.55. The van der Waals surface area contributed by atoms with Crippen molar-refractivity contribution in [2.24, 2.45) is 5.41 Å². The van der Waals surface area contributed by atoms with Crippen molar-refractivity contribution in [2.75, 3.05) is 11.9 Å². The Labute approximate surface area is 147 Å². The van der Waals surface area contributed by atoms with E-state index in [0.717, 1.165) is 12.8 Å². The molecule has 1 aromatic carbocycles. The summed E-state index contributed by atoms with van der Waals surface area (Å²) in [5, 5.41) is 11.4. The molecule has 1 amide bonds. The molecule has 0 saturated heterocycles. The van der Waals surface area contributed by atoms with Crippen LogP contribution in [0, 0.1) is 5.41 Å². The first-order chi connectivity index (χ1) is 11.6. The van der Waals surface area contributed by atoms with Gasteiger partial charge in [0.25, 0.3) is 0 Å². The van der Waals surface area contributed by atoms with E-state index >= 15 is 0 Å². The largest absolute Gasteiger partial charge is 0.480 e. The Bertz CT molecular complexity index is 816. The third kappa shape index (κ3) is 4.90. The highest BCUT2D eigenvalue weighted by Crippen LogP contribution is 2.36. The first kappa shape index (κ1) is 19.1. The van der Waals surface area contributed by atoms with Gasteiger partial charge in [-0.15, -0.1) is 0 Å². The number of hydrogen-bond acceptors (Lipinski definition) is 4. The van der Waals surface area contributed by atoms with E-state index in [1.165, 1.54) is 23.8 Å². The molecule has 0 aromatic heterocycles. The summed E-state index contributed by atoms with van der Waals surface area (Å²) >= 11 is 0. The minimum atomic E-state index is -3.95. The number of sulfonamides is 1. The molecule has 1 aromatic rings. The van der Waals surface area contributed by atoms with Gasteiger partial charge in [0.2, 0.25) is 15.9 Å². The molecule has 1 aliphatic rings. The number of nitrogens with one attached hydrogen (secondary N) is 2. The van der Waals surface area contributed by atoms with Gasteiger partial charge in [0, 0.05) is 5.69 Å². The molecule has 0 radical (unpaired) electrons. The number of rotatable bonds is 6. The van der Waals surface area contributed by atoms with Crippen molar-refractivity contribution < 1.29 is 23.1 Å². The summed E-state index contributed by atoms with van der Waals surface area (Å²) in [7, 11) is -3.95. The van der Waals surface area contributed by atoms with Gasteiger partial charge >= 0.3 is 5.97 Å². The van der Waals surface area contributed by atoms with E-state index in [0.29, 0.717) is 12.1 Å². The Balaban J connectivity index is 2.14. The van der Waals surface area contributed by atoms with Crippen molar-refractivity contribution >= 4 is 27.6 Å². The van der Waals surface area contributed by atoms with E-state index < -0.39 is 28.0 Å². The van der Waals surface area contributed by atoms with E-state index in [9.17, 15) is 18.0 Å². The minimum Gasteiger partial charge on any atom is -0.480 e. The van der Waals surface area contributed by atoms with Crippen molar-refractivity contribution in [3.05, 3.63) is 35.9 Å². The molecule has 3 N–H and O–H groups in total. The van der Waals surface area contributed by atoms with Crippen LogP contribution >= 0.6 is 0 Å². The summed E-state index contributed by atoms with van der Waals surface area (Å²) in [6.45, 7) is 3.22. The van der Waals surface area contributed by atoms with Gasteiger partial charge < -0.3 is 10.4 Å². The lowest BCUT2D eigenvalue weighted by Crippen LogP contribution is -2.34. The number of allylic oxidation sites excluding steroid dienone is 2. The molecule has 8 heteroatoms. The van der Waals surface area contributed by atoms with E-state index in [-0.39, 0.29) is 10.8 Å². The summed E-state index contributed by atoms with van der Waals surface area (Å²) < 4.78 is 26.1. The summed E-state index contributed by atoms with van der Waals surface area (Å²) in [6.07, 6.45) is 4.29. The molecule has 0 aliphatic heterocycles. The monoisotopic (exact) mass is 366 g/mol.